The fourth-order valence-corrected chi connectivity index (χ4v) is 3.75. The zero-order valence-electron chi connectivity index (χ0n) is 13.1. The first kappa shape index (κ1) is 17.5. The molecule has 2 amide bonds. The van der Waals surface area contributed by atoms with Crippen molar-refractivity contribution in [2.24, 2.45) is 0 Å². The van der Waals surface area contributed by atoms with E-state index >= 15 is 0 Å². The first-order valence-corrected chi connectivity index (χ1v) is 9.00. The van der Waals surface area contributed by atoms with Gasteiger partial charge in [-0.15, -0.1) is 10.2 Å². The maximum absolute atomic E-state index is 12.2. The van der Waals surface area contributed by atoms with Crippen LogP contribution in [-0.2, 0) is 9.53 Å². The number of carbonyl (C=O) groups is 2. The van der Waals surface area contributed by atoms with Gasteiger partial charge in [0.1, 0.15) is 0 Å². The summed E-state index contributed by atoms with van der Waals surface area (Å²) in [6.45, 7) is 3.95. The van der Waals surface area contributed by atoms with Crippen LogP contribution < -0.4 is 16.0 Å². The van der Waals surface area contributed by atoms with E-state index < -0.39 is 5.97 Å². The molecule has 0 aliphatic carbocycles. The van der Waals surface area contributed by atoms with Crippen LogP contribution in [0.15, 0.2) is 15.6 Å². The molecule has 0 fully saturated rings. The van der Waals surface area contributed by atoms with Crippen molar-refractivity contribution in [2.75, 3.05) is 24.7 Å². The molecule has 2 rings (SSSR count). The van der Waals surface area contributed by atoms with Crippen molar-refractivity contribution in [2.45, 2.75) is 30.6 Å². The number of hydrogen-bond donors (Lipinski definition) is 3. The predicted molar refractivity (Wildman–Crippen MR) is 89.6 cm³/mol. The van der Waals surface area contributed by atoms with Crippen LogP contribution in [0.25, 0.3) is 0 Å². The van der Waals surface area contributed by atoms with E-state index in [1.807, 2.05) is 6.92 Å². The third-order valence-electron chi connectivity index (χ3n) is 3.11. The van der Waals surface area contributed by atoms with Crippen molar-refractivity contribution >= 4 is 40.2 Å². The molecule has 0 saturated carbocycles. The standard InChI is InChI=1S/C13H19N5O3S2/c1-4-7-9(10(19)21-5-2)8(16-11(20)15-7)6-22-13-18-17-12(14-3)23-13/h7H,4-6H2,1-3H3,(H,14,17)(H2,15,16,20)/t7-/m1/s1. The highest BCUT2D eigenvalue weighted by molar-refractivity contribution is 8.01. The average Bonchev–Trinajstić information content (AvgIpc) is 3.00. The Labute approximate surface area is 142 Å². The van der Waals surface area contributed by atoms with Crippen LogP contribution in [0.3, 0.4) is 0 Å². The summed E-state index contributed by atoms with van der Waals surface area (Å²) >= 11 is 2.82. The second-order valence-corrected chi connectivity index (χ2v) is 6.78. The normalized spacial score (nSPS) is 17.5. The van der Waals surface area contributed by atoms with Crippen molar-refractivity contribution in [3.8, 4) is 0 Å². The molecule has 1 atom stereocenters. The fraction of sp³-hybridized carbons (Fsp3) is 0.538. The number of thioether (sulfide) groups is 1. The van der Waals surface area contributed by atoms with Crippen molar-refractivity contribution in [1.82, 2.24) is 20.8 Å². The molecular weight excluding hydrogens is 338 g/mol. The van der Waals surface area contributed by atoms with Crippen molar-refractivity contribution in [3.05, 3.63) is 11.3 Å². The molecule has 1 aromatic heterocycles. The van der Waals surface area contributed by atoms with Crippen molar-refractivity contribution in [3.63, 3.8) is 0 Å². The topological polar surface area (TPSA) is 105 Å². The number of nitrogens with one attached hydrogen (secondary N) is 3. The minimum atomic E-state index is -0.407. The van der Waals surface area contributed by atoms with Gasteiger partial charge in [-0.05, 0) is 13.3 Å². The van der Waals surface area contributed by atoms with Gasteiger partial charge in [-0.1, -0.05) is 30.0 Å². The van der Waals surface area contributed by atoms with Crippen LogP contribution >= 0.6 is 23.1 Å². The van der Waals surface area contributed by atoms with Gasteiger partial charge in [0.25, 0.3) is 0 Å². The predicted octanol–water partition coefficient (Wildman–Crippen LogP) is 1.58. The molecule has 0 spiro atoms. The van der Waals surface area contributed by atoms with Crippen LogP contribution in [0, 0.1) is 0 Å². The first-order chi connectivity index (χ1) is 11.1. The van der Waals surface area contributed by atoms with Gasteiger partial charge in [0, 0.05) is 18.5 Å². The number of nitrogens with zero attached hydrogens (tertiary/aromatic N) is 2. The summed E-state index contributed by atoms with van der Waals surface area (Å²) in [7, 11) is 1.77. The molecule has 1 aliphatic heterocycles. The third-order valence-corrected chi connectivity index (χ3v) is 5.21. The fourth-order valence-electron chi connectivity index (χ4n) is 2.08. The number of hydrogen-bond acceptors (Lipinski definition) is 8. The third kappa shape index (κ3) is 4.35. The van der Waals surface area contributed by atoms with E-state index in [4.69, 9.17) is 4.74 Å². The van der Waals surface area contributed by atoms with E-state index in [2.05, 4.69) is 26.1 Å². The van der Waals surface area contributed by atoms with Gasteiger partial charge in [-0.25, -0.2) is 9.59 Å². The van der Waals surface area contributed by atoms with E-state index in [9.17, 15) is 9.59 Å². The number of rotatable bonds is 7. The molecule has 2 heterocycles. The van der Waals surface area contributed by atoms with Crippen LogP contribution in [0.2, 0.25) is 0 Å². The molecule has 8 nitrogen and oxygen atoms in total. The summed E-state index contributed by atoms with van der Waals surface area (Å²) in [6, 6.07) is -0.658. The Hall–Kier alpha value is -1.81. The molecule has 3 N–H and O–H groups in total. The summed E-state index contributed by atoms with van der Waals surface area (Å²) in [5.41, 5.74) is 1.03. The van der Waals surface area contributed by atoms with Gasteiger partial charge in [-0.3, -0.25) is 0 Å². The van der Waals surface area contributed by atoms with Crippen molar-refractivity contribution in [1.29, 1.82) is 0 Å². The minimum absolute atomic E-state index is 0.287. The SMILES string of the molecule is CCOC(=O)C1=C(CSc2nnc(NC)s2)NC(=O)N[C@@H]1CC. The second-order valence-electron chi connectivity index (χ2n) is 4.58. The van der Waals surface area contributed by atoms with E-state index in [-0.39, 0.29) is 18.7 Å². The summed E-state index contributed by atoms with van der Waals surface area (Å²) < 4.78 is 5.88. The lowest BCUT2D eigenvalue weighted by Crippen LogP contribution is -2.50. The number of anilines is 1. The number of carbonyl (C=O) groups excluding carboxylic acids is 2. The summed E-state index contributed by atoms with van der Waals surface area (Å²) in [6.07, 6.45) is 0.610. The van der Waals surface area contributed by atoms with Crippen LogP contribution in [0.1, 0.15) is 20.3 Å². The van der Waals surface area contributed by atoms with Gasteiger partial charge in [0.05, 0.1) is 18.2 Å². The number of amides is 2. The molecule has 1 aromatic rings. The molecule has 0 bridgehead atoms. The van der Waals surface area contributed by atoms with Crippen LogP contribution in [-0.4, -0.2) is 47.6 Å². The average molecular weight is 357 g/mol. The molecule has 0 radical (unpaired) electrons. The van der Waals surface area contributed by atoms with E-state index in [0.29, 0.717) is 28.6 Å². The maximum atomic E-state index is 12.2. The highest BCUT2D eigenvalue weighted by atomic mass is 32.2. The Morgan fingerprint density at radius 3 is 2.83 bits per heavy atom. The molecular formula is C13H19N5O3S2. The molecule has 0 aromatic carbocycles. The lowest BCUT2D eigenvalue weighted by atomic mass is 10.0. The number of urea groups is 1. The monoisotopic (exact) mass is 357 g/mol. The van der Waals surface area contributed by atoms with Gasteiger partial charge in [-0.2, -0.15) is 0 Å². The quantitative estimate of drug-likeness (QED) is 0.502. The molecule has 126 valence electrons. The highest BCUT2D eigenvalue weighted by Gasteiger charge is 2.31. The first-order valence-electron chi connectivity index (χ1n) is 7.20. The summed E-state index contributed by atoms with van der Waals surface area (Å²) in [5, 5.41) is 17.1. The number of esters is 1. The lowest BCUT2D eigenvalue weighted by Gasteiger charge is -2.28. The lowest BCUT2D eigenvalue weighted by molar-refractivity contribution is -0.139. The van der Waals surface area contributed by atoms with E-state index in [1.54, 1.807) is 14.0 Å². The van der Waals surface area contributed by atoms with Gasteiger partial charge in [0.2, 0.25) is 5.13 Å². The number of ether oxygens (including phenoxy) is 1. The van der Waals surface area contributed by atoms with Crippen LogP contribution in [0.5, 0.6) is 0 Å². The molecule has 1 aliphatic rings. The Kier molecular flexibility index (Phi) is 6.22. The van der Waals surface area contributed by atoms with Gasteiger partial charge < -0.3 is 20.7 Å². The summed E-state index contributed by atoms with van der Waals surface area (Å²) in [4.78, 5) is 24.0. The maximum Gasteiger partial charge on any atom is 0.337 e. The zero-order valence-corrected chi connectivity index (χ0v) is 14.8. The molecule has 0 unspecified atom stereocenters. The smallest absolute Gasteiger partial charge is 0.337 e. The second kappa shape index (κ2) is 8.16. The zero-order chi connectivity index (χ0) is 16.8. The highest BCUT2D eigenvalue weighted by Crippen LogP contribution is 2.28. The molecule has 10 heteroatoms. The Morgan fingerprint density at radius 2 is 2.22 bits per heavy atom. The van der Waals surface area contributed by atoms with Crippen LogP contribution in [0.4, 0.5) is 9.93 Å². The minimum Gasteiger partial charge on any atom is -0.463 e. The summed E-state index contributed by atoms with van der Waals surface area (Å²) in [5.74, 6) is 0.00628. The van der Waals surface area contributed by atoms with Gasteiger partial charge in [0.15, 0.2) is 4.34 Å². The Morgan fingerprint density at radius 1 is 1.43 bits per heavy atom. The Bertz CT molecular complexity index is 617. The largest absolute Gasteiger partial charge is 0.463 e. The van der Waals surface area contributed by atoms with E-state index in [1.165, 1.54) is 23.1 Å². The van der Waals surface area contributed by atoms with Crippen molar-refractivity contribution < 1.29 is 14.3 Å². The number of aromatic nitrogens is 2. The van der Waals surface area contributed by atoms with E-state index in [0.717, 1.165) is 4.34 Å². The van der Waals surface area contributed by atoms with Gasteiger partial charge >= 0.3 is 12.0 Å². The Balaban J connectivity index is 2.20. The molecule has 23 heavy (non-hydrogen) atoms. The molecule has 0 saturated heterocycles.